The minimum absolute atomic E-state index is 0.00193. The Morgan fingerprint density at radius 3 is 2.79 bits per heavy atom. The highest BCUT2D eigenvalue weighted by Crippen LogP contribution is 2.32. The summed E-state index contributed by atoms with van der Waals surface area (Å²) in [5.41, 5.74) is 9.70. The Morgan fingerprint density at radius 1 is 1.12 bits per heavy atom. The maximum atomic E-state index is 12.8. The highest BCUT2D eigenvalue weighted by molar-refractivity contribution is 6.33. The van der Waals surface area contributed by atoms with Gasteiger partial charge < -0.3 is 26.7 Å². The molecule has 8 nitrogen and oxygen atoms in total. The number of nitrogens with two attached hydrogens (primary N) is 1. The van der Waals surface area contributed by atoms with Crippen LogP contribution in [0.3, 0.4) is 0 Å². The highest BCUT2D eigenvalue weighted by atomic mass is 35.5. The number of aromatic amines is 1. The van der Waals surface area contributed by atoms with Gasteiger partial charge in [0.2, 0.25) is 11.9 Å². The summed E-state index contributed by atoms with van der Waals surface area (Å²) in [5.74, 6) is 0.260. The molecule has 1 unspecified atom stereocenters. The topological polar surface area (TPSA) is 121 Å². The number of anilines is 3. The predicted octanol–water partition coefficient (Wildman–Crippen LogP) is 3.89. The molecule has 1 saturated heterocycles. The number of piperidine rings is 1. The summed E-state index contributed by atoms with van der Waals surface area (Å²) in [7, 11) is 0. The third kappa shape index (κ3) is 4.62. The van der Waals surface area contributed by atoms with Gasteiger partial charge in [-0.25, -0.2) is 9.97 Å². The summed E-state index contributed by atoms with van der Waals surface area (Å²) < 4.78 is 0. The lowest BCUT2D eigenvalue weighted by Crippen LogP contribution is -2.47. The predicted molar refractivity (Wildman–Crippen MR) is 132 cm³/mol. The van der Waals surface area contributed by atoms with Crippen molar-refractivity contribution in [3.63, 3.8) is 0 Å². The first-order valence-electron chi connectivity index (χ1n) is 10.8. The van der Waals surface area contributed by atoms with Gasteiger partial charge >= 0.3 is 0 Å². The Kier molecular flexibility index (Phi) is 5.85. The Morgan fingerprint density at radius 2 is 1.94 bits per heavy atom. The number of nitrogens with zero attached hydrogens (tertiary/aromatic N) is 2. The van der Waals surface area contributed by atoms with Crippen molar-refractivity contribution in [3.05, 3.63) is 65.9 Å². The lowest BCUT2D eigenvalue weighted by Gasteiger charge is -2.30. The molecule has 3 heterocycles. The molecule has 4 aromatic rings. The van der Waals surface area contributed by atoms with Gasteiger partial charge in [-0.3, -0.25) is 4.79 Å². The number of nitrogens with one attached hydrogen (secondary N) is 4. The van der Waals surface area contributed by atoms with E-state index in [1.165, 1.54) is 0 Å². The Balaban J connectivity index is 1.29. The van der Waals surface area contributed by atoms with Crippen LogP contribution in [0, 0.1) is 5.92 Å². The summed E-state index contributed by atoms with van der Waals surface area (Å²) >= 11 is 6.44. The number of nitrogen functional groups attached to an aromatic ring is 1. The summed E-state index contributed by atoms with van der Waals surface area (Å²) in [6, 6.07) is 15.1. The first kappa shape index (κ1) is 21.2. The van der Waals surface area contributed by atoms with Gasteiger partial charge in [-0.15, -0.1) is 0 Å². The molecule has 33 heavy (non-hydrogen) atoms. The van der Waals surface area contributed by atoms with E-state index >= 15 is 0 Å². The minimum Gasteiger partial charge on any atom is -0.399 e. The Labute approximate surface area is 196 Å². The molecule has 0 spiro atoms. The van der Waals surface area contributed by atoms with Crippen LogP contribution in [-0.4, -0.2) is 40.0 Å². The van der Waals surface area contributed by atoms with E-state index in [1.807, 2.05) is 30.5 Å². The molecule has 1 aliphatic rings. The van der Waals surface area contributed by atoms with Crippen molar-refractivity contribution in [1.82, 2.24) is 20.3 Å². The fraction of sp³-hybridized carbons (Fsp3) is 0.208. The van der Waals surface area contributed by atoms with E-state index in [1.54, 1.807) is 30.5 Å². The van der Waals surface area contributed by atoms with E-state index in [0.717, 1.165) is 22.2 Å². The first-order valence-corrected chi connectivity index (χ1v) is 11.2. The average molecular weight is 462 g/mol. The number of aromatic nitrogens is 3. The van der Waals surface area contributed by atoms with E-state index in [4.69, 9.17) is 22.3 Å². The van der Waals surface area contributed by atoms with Gasteiger partial charge in [0.1, 0.15) is 0 Å². The highest BCUT2D eigenvalue weighted by Gasteiger charge is 2.28. The number of hydrogen-bond donors (Lipinski definition) is 5. The number of rotatable bonds is 5. The lowest BCUT2D eigenvalue weighted by molar-refractivity contribution is -0.120. The zero-order valence-corrected chi connectivity index (χ0v) is 18.6. The molecule has 2 atom stereocenters. The van der Waals surface area contributed by atoms with Gasteiger partial charge in [0.05, 0.1) is 22.8 Å². The summed E-state index contributed by atoms with van der Waals surface area (Å²) in [5, 5.41) is 11.2. The van der Waals surface area contributed by atoms with E-state index in [2.05, 4.69) is 25.9 Å². The zero-order chi connectivity index (χ0) is 22.8. The standard InChI is InChI=1S/C24H24ClN7O/c25-20-13-29-24(32-22(20)19-12-28-21-4-2-1-3-18(19)21)31-17-9-14(10-27-11-17)23(33)30-16-7-5-15(26)6-8-16/h1-8,12-14,17,27-28H,9-11,26H2,(H,30,33)(H,29,31,32)/t14-,17?/m1/s1. The lowest BCUT2D eigenvalue weighted by atomic mass is 9.95. The molecule has 2 aromatic carbocycles. The molecular weight excluding hydrogens is 438 g/mol. The number of benzene rings is 2. The van der Waals surface area contributed by atoms with Crippen LogP contribution in [0.1, 0.15) is 6.42 Å². The van der Waals surface area contributed by atoms with Gasteiger partial charge in [0.15, 0.2) is 0 Å². The monoisotopic (exact) mass is 461 g/mol. The molecule has 0 bridgehead atoms. The van der Waals surface area contributed by atoms with Crippen molar-refractivity contribution in [2.45, 2.75) is 12.5 Å². The number of para-hydroxylation sites is 1. The molecule has 168 valence electrons. The van der Waals surface area contributed by atoms with Gasteiger partial charge in [-0.2, -0.15) is 0 Å². The van der Waals surface area contributed by atoms with Crippen molar-refractivity contribution in [2.24, 2.45) is 5.92 Å². The molecule has 6 N–H and O–H groups in total. The van der Waals surface area contributed by atoms with Gasteiger partial charge in [-0.1, -0.05) is 29.8 Å². The quantitative estimate of drug-likeness (QED) is 0.287. The number of halogens is 1. The van der Waals surface area contributed by atoms with E-state index in [-0.39, 0.29) is 17.9 Å². The Hall–Kier alpha value is -3.62. The van der Waals surface area contributed by atoms with Crippen LogP contribution >= 0.6 is 11.6 Å². The van der Waals surface area contributed by atoms with Crippen molar-refractivity contribution in [2.75, 3.05) is 29.5 Å². The van der Waals surface area contributed by atoms with Crippen LogP contribution in [0.5, 0.6) is 0 Å². The molecule has 0 aliphatic carbocycles. The molecule has 1 amide bonds. The second-order valence-corrected chi connectivity index (χ2v) is 8.59. The van der Waals surface area contributed by atoms with Crippen LogP contribution in [0.4, 0.5) is 17.3 Å². The normalized spacial score (nSPS) is 18.2. The average Bonchev–Trinajstić information content (AvgIpc) is 3.26. The molecule has 1 fully saturated rings. The number of hydrogen-bond acceptors (Lipinski definition) is 6. The molecular formula is C24H24ClN7O. The zero-order valence-electron chi connectivity index (χ0n) is 17.8. The second-order valence-electron chi connectivity index (χ2n) is 8.18. The van der Waals surface area contributed by atoms with Crippen LogP contribution in [0.2, 0.25) is 5.02 Å². The van der Waals surface area contributed by atoms with Crippen molar-refractivity contribution in [1.29, 1.82) is 0 Å². The van der Waals surface area contributed by atoms with Crippen molar-refractivity contribution in [3.8, 4) is 11.3 Å². The Bertz CT molecular complexity index is 1290. The second kappa shape index (κ2) is 9.09. The summed E-state index contributed by atoms with van der Waals surface area (Å²) in [6.07, 6.45) is 4.17. The number of carbonyl (C=O) groups is 1. The van der Waals surface area contributed by atoms with Crippen molar-refractivity contribution < 1.29 is 4.79 Å². The molecule has 9 heteroatoms. The minimum atomic E-state index is -0.186. The van der Waals surface area contributed by atoms with Crippen LogP contribution in [0.25, 0.3) is 22.2 Å². The maximum absolute atomic E-state index is 12.8. The van der Waals surface area contributed by atoms with Crippen LogP contribution in [-0.2, 0) is 4.79 Å². The van der Waals surface area contributed by atoms with Gasteiger partial charge in [-0.05, 0) is 36.8 Å². The molecule has 0 radical (unpaired) electrons. The van der Waals surface area contributed by atoms with E-state index in [9.17, 15) is 4.79 Å². The maximum Gasteiger partial charge on any atom is 0.228 e. The smallest absolute Gasteiger partial charge is 0.228 e. The van der Waals surface area contributed by atoms with Gasteiger partial charge in [0.25, 0.3) is 0 Å². The fourth-order valence-corrected chi connectivity index (χ4v) is 4.33. The molecule has 2 aromatic heterocycles. The SMILES string of the molecule is Nc1ccc(NC(=O)[C@H]2CNCC(Nc3ncc(Cl)c(-c4c[nH]c5ccccc45)n3)C2)cc1. The van der Waals surface area contributed by atoms with Crippen LogP contribution in [0.15, 0.2) is 60.9 Å². The molecule has 5 rings (SSSR count). The largest absolute Gasteiger partial charge is 0.399 e. The summed E-state index contributed by atoms with van der Waals surface area (Å²) in [4.78, 5) is 25.1. The van der Waals surface area contributed by atoms with Crippen molar-refractivity contribution >= 4 is 45.7 Å². The molecule has 1 aliphatic heterocycles. The van der Waals surface area contributed by atoms with E-state index in [0.29, 0.717) is 41.9 Å². The van der Waals surface area contributed by atoms with Crippen LogP contribution < -0.4 is 21.7 Å². The van der Waals surface area contributed by atoms with E-state index < -0.39 is 0 Å². The number of amides is 1. The number of H-pyrrole nitrogens is 1. The number of fused-ring (bicyclic) bond motifs is 1. The third-order valence-electron chi connectivity index (χ3n) is 5.82. The summed E-state index contributed by atoms with van der Waals surface area (Å²) in [6.45, 7) is 1.32. The number of carbonyl (C=O) groups excluding carboxylic acids is 1. The first-order chi connectivity index (χ1) is 16.1. The van der Waals surface area contributed by atoms with Gasteiger partial charge in [0, 0.05) is 53.2 Å². The molecule has 0 saturated carbocycles. The third-order valence-corrected chi connectivity index (χ3v) is 6.10. The fourth-order valence-electron chi connectivity index (χ4n) is 4.14.